The molecule has 0 unspecified atom stereocenters. The van der Waals surface area contributed by atoms with E-state index >= 15 is 0 Å². The highest BCUT2D eigenvalue weighted by Gasteiger charge is 2.27. The summed E-state index contributed by atoms with van der Waals surface area (Å²) in [4.78, 5) is 11.6. The zero-order chi connectivity index (χ0) is 16.3. The number of sulfonamides is 1. The van der Waals surface area contributed by atoms with Gasteiger partial charge in [-0.15, -0.1) is 12.4 Å². The second kappa shape index (κ2) is 7.92. The number of nitrogens with one attached hydrogen (secondary N) is 1. The summed E-state index contributed by atoms with van der Waals surface area (Å²) in [6.45, 7) is 4.53. The van der Waals surface area contributed by atoms with Gasteiger partial charge in [-0.3, -0.25) is 4.79 Å². The van der Waals surface area contributed by atoms with Crippen molar-refractivity contribution in [2.75, 3.05) is 27.2 Å². The highest BCUT2D eigenvalue weighted by Crippen LogP contribution is 2.20. The number of hydrogen-bond acceptors (Lipinski definition) is 4. The van der Waals surface area contributed by atoms with Gasteiger partial charge in [0, 0.05) is 26.2 Å². The van der Waals surface area contributed by atoms with Crippen molar-refractivity contribution in [2.45, 2.75) is 18.7 Å². The Balaban J connectivity index is 0.00000441. The van der Waals surface area contributed by atoms with E-state index in [0.717, 1.165) is 0 Å². The lowest BCUT2D eigenvalue weighted by Crippen LogP contribution is -2.39. The van der Waals surface area contributed by atoms with Gasteiger partial charge in [-0.2, -0.15) is 0 Å². The number of hydrogen-bond donors (Lipinski definition) is 2. The molecule has 1 aromatic rings. The zero-order valence-corrected chi connectivity index (χ0v) is 14.9. The largest absolute Gasteiger partial charge is 0.355 e. The molecule has 0 heterocycles. The summed E-state index contributed by atoms with van der Waals surface area (Å²) in [7, 11) is -0.535. The summed E-state index contributed by atoms with van der Waals surface area (Å²) >= 11 is 0. The van der Waals surface area contributed by atoms with E-state index in [-0.39, 0.29) is 28.6 Å². The van der Waals surface area contributed by atoms with Crippen LogP contribution in [-0.2, 0) is 10.0 Å². The van der Waals surface area contributed by atoms with Gasteiger partial charge in [0.05, 0.1) is 4.90 Å². The van der Waals surface area contributed by atoms with E-state index in [1.165, 1.54) is 42.7 Å². The van der Waals surface area contributed by atoms with E-state index < -0.39 is 10.0 Å². The summed E-state index contributed by atoms with van der Waals surface area (Å²) in [5, 5.41) is 2.49. The van der Waals surface area contributed by atoms with Gasteiger partial charge in [-0.05, 0) is 36.2 Å². The van der Waals surface area contributed by atoms with Crippen molar-refractivity contribution in [3.05, 3.63) is 29.8 Å². The van der Waals surface area contributed by atoms with Gasteiger partial charge >= 0.3 is 0 Å². The number of carbonyl (C=O) groups is 1. The minimum Gasteiger partial charge on any atom is -0.355 e. The minimum absolute atomic E-state index is 0. The van der Waals surface area contributed by atoms with Gasteiger partial charge in [-0.1, -0.05) is 13.8 Å². The zero-order valence-electron chi connectivity index (χ0n) is 13.3. The summed E-state index contributed by atoms with van der Waals surface area (Å²) in [6.07, 6.45) is 0. The summed E-state index contributed by atoms with van der Waals surface area (Å²) in [5.41, 5.74) is 5.76. The van der Waals surface area contributed by atoms with E-state index in [2.05, 4.69) is 5.32 Å². The molecule has 0 aliphatic heterocycles. The molecule has 0 spiro atoms. The van der Waals surface area contributed by atoms with E-state index in [4.69, 9.17) is 5.73 Å². The Morgan fingerprint density at radius 3 is 2.18 bits per heavy atom. The van der Waals surface area contributed by atoms with Crippen LogP contribution in [0.2, 0.25) is 0 Å². The third kappa shape index (κ3) is 4.95. The smallest absolute Gasteiger partial charge is 0.251 e. The first-order valence-electron chi connectivity index (χ1n) is 6.62. The highest BCUT2D eigenvalue weighted by molar-refractivity contribution is 7.89. The van der Waals surface area contributed by atoms with Crippen LogP contribution in [0.5, 0.6) is 0 Å². The van der Waals surface area contributed by atoms with E-state index in [0.29, 0.717) is 18.7 Å². The molecule has 3 N–H and O–H groups in total. The third-order valence-corrected chi connectivity index (χ3v) is 5.07. The topological polar surface area (TPSA) is 92.5 Å². The Bertz CT molecular complexity index is 600. The highest BCUT2D eigenvalue weighted by atomic mass is 35.5. The van der Waals surface area contributed by atoms with Crippen LogP contribution in [0, 0.1) is 5.41 Å². The fraction of sp³-hybridized carbons (Fsp3) is 0.500. The van der Waals surface area contributed by atoms with Gasteiger partial charge < -0.3 is 11.1 Å². The van der Waals surface area contributed by atoms with Gasteiger partial charge in [0.2, 0.25) is 10.0 Å². The fourth-order valence-electron chi connectivity index (χ4n) is 1.85. The maximum absolute atomic E-state index is 12.5. The van der Waals surface area contributed by atoms with Crippen LogP contribution in [0.25, 0.3) is 0 Å². The Hall–Kier alpha value is -1.15. The SMILES string of the molecule is CNC(=O)c1ccc(S(=O)(=O)N(C)CC(C)(C)CN)cc1.Cl. The van der Waals surface area contributed by atoms with Crippen molar-refractivity contribution in [1.82, 2.24) is 9.62 Å². The van der Waals surface area contributed by atoms with Crippen LogP contribution < -0.4 is 11.1 Å². The molecule has 0 aromatic heterocycles. The van der Waals surface area contributed by atoms with Crippen molar-refractivity contribution in [3.63, 3.8) is 0 Å². The number of rotatable bonds is 6. The van der Waals surface area contributed by atoms with Gasteiger partial charge in [0.15, 0.2) is 0 Å². The average molecular weight is 350 g/mol. The first kappa shape index (κ1) is 20.9. The normalized spacial score (nSPS) is 11.9. The Morgan fingerprint density at radius 1 is 1.27 bits per heavy atom. The van der Waals surface area contributed by atoms with Crippen LogP contribution in [0.1, 0.15) is 24.2 Å². The number of halogens is 1. The molecule has 22 heavy (non-hydrogen) atoms. The summed E-state index contributed by atoms with van der Waals surface area (Å²) < 4.78 is 26.2. The maximum Gasteiger partial charge on any atom is 0.251 e. The van der Waals surface area contributed by atoms with Crippen molar-refractivity contribution in [1.29, 1.82) is 0 Å². The lowest BCUT2D eigenvalue weighted by molar-refractivity contribution is 0.0963. The molecule has 0 bridgehead atoms. The molecule has 1 aromatic carbocycles. The molecule has 0 aliphatic rings. The van der Waals surface area contributed by atoms with E-state index in [1.54, 1.807) is 0 Å². The van der Waals surface area contributed by atoms with Crippen LogP contribution in [0.3, 0.4) is 0 Å². The van der Waals surface area contributed by atoms with Crippen LogP contribution in [0.4, 0.5) is 0 Å². The predicted octanol–water partition coefficient (Wildman–Crippen LogP) is 1.07. The van der Waals surface area contributed by atoms with E-state index in [9.17, 15) is 13.2 Å². The average Bonchev–Trinajstić information content (AvgIpc) is 2.46. The quantitative estimate of drug-likeness (QED) is 0.803. The molecule has 0 saturated heterocycles. The number of amides is 1. The van der Waals surface area contributed by atoms with Crippen LogP contribution >= 0.6 is 12.4 Å². The molecule has 0 aliphatic carbocycles. The molecule has 0 radical (unpaired) electrons. The lowest BCUT2D eigenvalue weighted by Gasteiger charge is -2.28. The van der Waals surface area contributed by atoms with E-state index in [1.807, 2.05) is 13.8 Å². The number of benzene rings is 1. The standard InChI is InChI=1S/C14H23N3O3S.ClH/c1-14(2,9-15)10-17(4)21(19,20)12-7-5-11(6-8-12)13(18)16-3;/h5-8H,9-10,15H2,1-4H3,(H,16,18);1H. The summed E-state index contributed by atoms with van der Waals surface area (Å²) in [5.74, 6) is -0.253. The van der Waals surface area contributed by atoms with Crippen LogP contribution in [0.15, 0.2) is 29.2 Å². The van der Waals surface area contributed by atoms with Crippen molar-refractivity contribution in [2.24, 2.45) is 11.1 Å². The molecular formula is C14H24ClN3O3S. The number of carbonyl (C=O) groups excluding carboxylic acids is 1. The van der Waals surface area contributed by atoms with Crippen molar-refractivity contribution >= 4 is 28.3 Å². The minimum atomic E-state index is -3.59. The number of nitrogens with two attached hydrogens (primary N) is 1. The first-order chi connectivity index (χ1) is 9.64. The molecule has 6 nitrogen and oxygen atoms in total. The Morgan fingerprint density at radius 2 is 1.77 bits per heavy atom. The van der Waals surface area contributed by atoms with Crippen molar-refractivity contribution < 1.29 is 13.2 Å². The molecule has 1 rings (SSSR count). The molecule has 0 saturated carbocycles. The molecule has 0 fully saturated rings. The van der Waals surface area contributed by atoms with Crippen molar-refractivity contribution in [3.8, 4) is 0 Å². The summed E-state index contributed by atoms with van der Waals surface area (Å²) in [6, 6.07) is 5.86. The van der Waals surface area contributed by atoms with Crippen LogP contribution in [-0.4, -0.2) is 45.8 Å². The molecule has 1 amide bonds. The third-order valence-electron chi connectivity index (χ3n) is 3.26. The Kier molecular flexibility index (Phi) is 7.50. The van der Waals surface area contributed by atoms with Gasteiger partial charge in [-0.25, -0.2) is 12.7 Å². The van der Waals surface area contributed by atoms with Gasteiger partial charge in [0.1, 0.15) is 0 Å². The second-order valence-electron chi connectivity index (χ2n) is 5.73. The maximum atomic E-state index is 12.5. The predicted molar refractivity (Wildman–Crippen MR) is 89.7 cm³/mol. The lowest BCUT2D eigenvalue weighted by atomic mass is 9.94. The molecule has 0 atom stereocenters. The number of nitrogens with zero attached hydrogens (tertiary/aromatic N) is 1. The second-order valence-corrected chi connectivity index (χ2v) is 7.78. The van der Waals surface area contributed by atoms with Gasteiger partial charge in [0.25, 0.3) is 5.91 Å². The Labute approximate surface area is 138 Å². The fourth-order valence-corrected chi connectivity index (χ4v) is 3.21. The molecule has 8 heteroatoms. The molecular weight excluding hydrogens is 326 g/mol. The monoisotopic (exact) mass is 349 g/mol. The molecule has 126 valence electrons. The first-order valence-corrected chi connectivity index (χ1v) is 8.06.